The first-order valence-corrected chi connectivity index (χ1v) is 10.6. The predicted molar refractivity (Wildman–Crippen MR) is 99.0 cm³/mol. The number of rotatable bonds is 3. The van der Waals surface area contributed by atoms with Crippen LogP contribution in [-0.2, 0) is 14.6 Å². The number of aromatic nitrogens is 2. The van der Waals surface area contributed by atoms with E-state index in [0.29, 0.717) is 18.1 Å². The highest BCUT2D eigenvalue weighted by Crippen LogP contribution is 2.37. The minimum absolute atomic E-state index is 0.321. The van der Waals surface area contributed by atoms with Crippen molar-refractivity contribution in [3.63, 3.8) is 0 Å². The van der Waals surface area contributed by atoms with E-state index in [4.69, 9.17) is 4.74 Å². The summed E-state index contributed by atoms with van der Waals surface area (Å²) < 4.78 is 30.1. The predicted octanol–water partition coefficient (Wildman–Crippen LogP) is 2.60. The lowest BCUT2D eigenvalue weighted by molar-refractivity contribution is 0.122. The van der Waals surface area contributed by atoms with E-state index in [1.54, 1.807) is 35.9 Å². The van der Waals surface area contributed by atoms with Gasteiger partial charge in [-0.2, -0.15) is 0 Å². The minimum Gasteiger partial charge on any atom is -0.378 e. The quantitative estimate of drug-likeness (QED) is 0.701. The molecule has 0 bridgehead atoms. The van der Waals surface area contributed by atoms with Gasteiger partial charge >= 0.3 is 0 Å². The first-order chi connectivity index (χ1) is 12.0. The standard InChI is InChI=1S/C17H17N3O3S2/c1-25(21,22)13-4-2-3-12(9-13)15-10-14-16(24-15)17(19-11-18-14)20-5-7-23-8-6-20/h2-4,9-11H,5-8H2,1H3. The molecule has 1 aliphatic rings. The number of thiophene rings is 1. The van der Waals surface area contributed by atoms with Gasteiger partial charge in [0.15, 0.2) is 9.84 Å². The average Bonchev–Trinajstić information content (AvgIpc) is 3.06. The first-order valence-electron chi connectivity index (χ1n) is 7.90. The molecular weight excluding hydrogens is 358 g/mol. The summed E-state index contributed by atoms with van der Waals surface area (Å²) in [5.41, 5.74) is 1.75. The van der Waals surface area contributed by atoms with Crippen molar-refractivity contribution in [1.82, 2.24) is 9.97 Å². The minimum atomic E-state index is -3.23. The Morgan fingerprint density at radius 3 is 2.72 bits per heavy atom. The Hall–Kier alpha value is -2.03. The first kappa shape index (κ1) is 16.4. The lowest BCUT2D eigenvalue weighted by Gasteiger charge is -2.27. The number of nitrogens with zero attached hydrogens (tertiary/aromatic N) is 3. The molecule has 0 radical (unpaired) electrons. The van der Waals surface area contributed by atoms with E-state index < -0.39 is 9.84 Å². The van der Waals surface area contributed by atoms with Gasteiger partial charge in [-0.1, -0.05) is 12.1 Å². The molecule has 1 fully saturated rings. The Labute approximate surface area is 150 Å². The topological polar surface area (TPSA) is 72.4 Å². The zero-order chi connectivity index (χ0) is 17.4. The van der Waals surface area contributed by atoms with E-state index in [2.05, 4.69) is 14.9 Å². The Morgan fingerprint density at radius 2 is 1.96 bits per heavy atom. The van der Waals surface area contributed by atoms with Crippen LogP contribution < -0.4 is 4.90 Å². The smallest absolute Gasteiger partial charge is 0.175 e. The number of morpholine rings is 1. The second kappa shape index (κ2) is 6.36. The van der Waals surface area contributed by atoms with Crippen molar-refractivity contribution in [2.45, 2.75) is 4.90 Å². The monoisotopic (exact) mass is 375 g/mol. The van der Waals surface area contributed by atoms with Gasteiger partial charge in [0.25, 0.3) is 0 Å². The molecule has 0 aliphatic carbocycles. The molecule has 0 saturated carbocycles. The normalized spacial score (nSPS) is 15.6. The van der Waals surface area contributed by atoms with Crippen molar-refractivity contribution in [2.75, 3.05) is 37.5 Å². The molecule has 0 amide bonds. The van der Waals surface area contributed by atoms with Crippen LogP contribution in [0.15, 0.2) is 41.6 Å². The van der Waals surface area contributed by atoms with Gasteiger partial charge in [0.05, 0.1) is 28.3 Å². The molecule has 25 heavy (non-hydrogen) atoms. The molecule has 130 valence electrons. The number of sulfone groups is 1. The molecule has 3 heterocycles. The van der Waals surface area contributed by atoms with Crippen LogP contribution in [0.3, 0.4) is 0 Å². The fourth-order valence-corrected chi connectivity index (χ4v) is 4.66. The number of benzene rings is 1. The third-order valence-corrected chi connectivity index (χ3v) is 6.43. The van der Waals surface area contributed by atoms with Gasteiger partial charge in [0.2, 0.25) is 0 Å². The molecule has 3 aromatic rings. The summed E-state index contributed by atoms with van der Waals surface area (Å²) in [7, 11) is -3.23. The van der Waals surface area contributed by atoms with E-state index in [1.807, 2.05) is 12.1 Å². The molecule has 1 aliphatic heterocycles. The number of hydrogen-bond donors (Lipinski definition) is 0. The summed E-state index contributed by atoms with van der Waals surface area (Å²) in [4.78, 5) is 12.4. The molecule has 8 heteroatoms. The van der Waals surface area contributed by atoms with Crippen molar-refractivity contribution in [3.8, 4) is 10.4 Å². The Kier molecular flexibility index (Phi) is 4.18. The van der Waals surface area contributed by atoms with E-state index in [1.165, 1.54) is 6.26 Å². The molecule has 1 aromatic carbocycles. The summed E-state index contributed by atoms with van der Waals surface area (Å²) in [6.45, 7) is 3.01. The van der Waals surface area contributed by atoms with Gasteiger partial charge in [0, 0.05) is 24.2 Å². The lowest BCUT2D eigenvalue weighted by atomic mass is 10.2. The number of hydrogen-bond acceptors (Lipinski definition) is 7. The van der Waals surface area contributed by atoms with E-state index in [0.717, 1.165) is 39.6 Å². The van der Waals surface area contributed by atoms with Gasteiger partial charge in [-0.15, -0.1) is 11.3 Å². The summed E-state index contributed by atoms with van der Waals surface area (Å²) >= 11 is 1.59. The summed E-state index contributed by atoms with van der Waals surface area (Å²) in [5, 5.41) is 0. The molecule has 0 atom stereocenters. The van der Waals surface area contributed by atoms with Crippen LogP contribution in [0, 0.1) is 0 Å². The third kappa shape index (κ3) is 3.24. The second-order valence-electron chi connectivity index (χ2n) is 5.92. The van der Waals surface area contributed by atoms with Gasteiger partial charge in [-0.3, -0.25) is 0 Å². The molecule has 0 N–H and O–H groups in total. The summed E-state index contributed by atoms with van der Waals surface area (Å²) in [6.07, 6.45) is 2.80. The van der Waals surface area contributed by atoms with Crippen molar-refractivity contribution in [2.24, 2.45) is 0 Å². The zero-order valence-corrected chi connectivity index (χ0v) is 15.3. The molecule has 0 spiro atoms. The average molecular weight is 375 g/mol. The summed E-state index contributed by atoms with van der Waals surface area (Å²) in [5.74, 6) is 0.920. The molecular formula is C17H17N3O3S2. The molecule has 4 rings (SSSR count). The number of fused-ring (bicyclic) bond motifs is 1. The highest BCUT2D eigenvalue weighted by Gasteiger charge is 2.18. The fraction of sp³-hybridized carbons (Fsp3) is 0.294. The van der Waals surface area contributed by atoms with Crippen molar-refractivity contribution in [3.05, 3.63) is 36.7 Å². The van der Waals surface area contributed by atoms with E-state index in [9.17, 15) is 8.42 Å². The van der Waals surface area contributed by atoms with Crippen molar-refractivity contribution < 1.29 is 13.2 Å². The van der Waals surface area contributed by atoms with Crippen LogP contribution in [-0.4, -0.2) is 50.9 Å². The maximum atomic E-state index is 11.8. The van der Waals surface area contributed by atoms with Crippen molar-refractivity contribution in [1.29, 1.82) is 0 Å². The second-order valence-corrected chi connectivity index (χ2v) is 8.99. The highest BCUT2D eigenvalue weighted by atomic mass is 32.2. The largest absolute Gasteiger partial charge is 0.378 e. The van der Waals surface area contributed by atoms with E-state index in [-0.39, 0.29) is 0 Å². The molecule has 0 unspecified atom stereocenters. The van der Waals surface area contributed by atoms with Crippen LogP contribution >= 0.6 is 11.3 Å². The maximum absolute atomic E-state index is 11.8. The van der Waals surface area contributed by atoms with Crippen LogP contribution in [0.5, 0.6) is 0 Å². The Bertz CT molecular complexity index is 1020. The van der Waals surface area contributed by atoms with Crippen LogP contribution in [0.2, 0.25) is 0 Å². The lowest BCUT2D eigenvalue weighted by Crippen LogP contribution is -2.36. The Morgan fingerprint density at radius 1 is 1.16 bits per heavy atom. The SMILES string of the molecule is CS(=O)(=O)c1cccc(-c2cc3ncnc(N4CCOCC4)c3s2)c1. The summed E-state index contributed by atoms with van der Waals surface area (Å²) in [6, 6.07) is 9.01. The van der Waals surface area contributed by atoms with Gasteiger partial charge in [-0.25, -0.2) is 18.4 Å². The third-order valence-electron chi connectivity index (χ3n) is 4.15. The van der Waals surface area contributed by atoms with Crippen LogP contribution in [0.25, 0.3) is 20.7 Å². The number of anilines is 1. The maximum Gasteiger partial charge on any atom is 0.175 e. The van der Waals surface area contributed by atoms with Gasteiger partial charge < -0.3 is 9.64 Å². The molecule has 1 saturated heterocycles. The van der Waals surface area contributed by atoms with Crippen LogP contribution in [0.1, 0.15) is 0 Å². The fourth-order valence-electron chi connectivity index (χ4n) is 2.86. The zero-order valence-electron chi connectivity index (χ0n) is 13.7. The number of ether oxygens (including phenoxy) is 1. The highest BCUT2D eigenvalue weighted by molar-refractivity contribution is 7.90. The van der Waals surface area contributed by atoms with Gasteiger partial charge in [-0.05, 0) is 23.8 Å². The van der Waals surface area contributed by atoms with Gasteiger partial charge in [0.1, 0.15) is 12.1 Å². The van der Waals surface area contributed by atoms with E-state index >= 15 is 0 Å². The van der Waals surface area contributed by atoms with Crippen LogP contribution in [0.4, 0.5) is 5.82 Å². The molecule has 2 aromatic heterocycles. The molecule has 6 nitrogen and oxygen atoms in total. The van der Waals surface area contributed by atoms with Crippen molar-refractivity contribution >= 4 is 37.2 Å². The Balaban J connectivity index is 1.80.